The molecule has 0 aliphatic carbocycles. The van der Waals surface area contributed by atoms with Crippen molar-refractivity contribution in [3.63, 3.8) is 0 Å². The Kier molecular flexibility index (Phi) is 6.20. The van der Waals surface area contributed by atoms with E-state index >= 15 is 0 Å². The van der Waals surface area contributed by atoms with Crippen molar-refractivity contribution >= 4 is 12.2 Å². The number of rotatable bonds is 3. The highest BCUT2D eigenvalue weighted by Gasteiger charge is 1.91. The third-order valence-electron chi connectivity index (χ3n) is 2.60. The normalized spacial score (nSPS) is 8.94. The first kappa shape index (κ1) is 13.9. The van der Waals surface area contributed by atoms with Gasteiger partial charge in [0.2, 0.25) is 0 Å². The first-order valence-electron chi connectivity index (χ1n) is 6.04. The number of nitrogens with zero attached hydrogens (tertiary/aromatic N) is 1. The molecule has 0 radical (unpaired) electrons. The van der Waals surface area contributed by atoms with Crippen LogP contribution in [0.4, 0.5) is 0 Å². The lowest BCUT2D eigenvalue weighted by atomic mass is 10.1. The van der Waals surface area contributed by atoms with Crippen LogP contribution in [-0.2, 0) is 6.42 Å². The molecular weight excluding hydrogens is 218 g/mol. The fourth-order valence-corrected chi connectivity index (χ4v) is 1.55. The van der Waals surface area contributed by atoms with Crippen LogP contribution < -0.4 is 0 Å². The molecule has 0 amide bonds. The second kappa shape index (κ2) is 8.02. The van der Waals surface area contributed by atoms with Crippen molar-refractivity contribution in [2.45, 2.75) is 13.3 Å². The number of aryl methyl sites for hydroxylation is 1. The summed E-state index contributed by atoms with van der Waals surface area (Å²) in [5.41, 5.74) is 3.74. The Balaban J connectivity index is 0.000000184. The topological polar surface area (TPSA) is 12.9 Å². The maximum atomic E-state index is 3.85. The van der Waals surface area contributed by atoms with E-state index in [9.17, 15) is 0 Å². The zero-order valence-corrected chi connectivity index (χ0v) is 10.8. The van der Waals surface area contributed by atoms with E-state index in [4.69, 9.17) is 0 Å². The molecule has 92 valence electrons. The van der Waals surface area contributed by atoms with Gasteiger partial charge in [0.15, 0.2) is 0 Å². The highest BCUT2D eigenvalue weighted by Crippen LogP contribution is 2.09. The molecule has 1 aromatic heterocycles. The van der Waals surface area contributed by atoms with Gasteiger partial charge in [-0.2, -0.15) is 0 Å². The number of hydrogen-bond acceptors (Lipinski definition) is 1. The van der Waals surface area contributed by atoms with E-state index in [-0.39, 0.29) is 0 Å². The molecule has 1 heteroatoms. The molecule has 18 heavy (non-hydrogen) atoms. The highest BCUT2D eigenvalue weighted by atomic mass is 14.6. The quantitative estimate of drug-likeness (QED) is 0.759. The van der Waals surface area contributed by atoms with Crippen LogP contribution in [0.3, 0.4) is 0 Å². The lowest BCUT2D eigenvalue weighted by molar-refractivity contribution is 1.13. The van der Waals surface area contributed by atoms with Crippen molar-refractivity contribution in [3.05, 3.63) is 78.6 Å². The van der Waals surface area contributed by atoms with Gasteiger partial charge < -0.3 is 0 Å². The predicted octanol–water partition coefficient (Wildman–Crippen LogP) is 4.62. The molecule has 0 N–H and O–H groups in total. The summed E-state index contributed by atoms with van der Waals surface area (Å²) in [7, 11) is 0. The Morgan fingerprint density at radius 3 is 2.11 bits per heavy atom. The number of hydrogen-bond donors (Lipinski definition) is 0. The Hall–Kier alpha value is -2.15. The molecule has 0 bridgehead atoms. The van der Waals surface area contributed by atoms with Crippen LogP contribution in [0, 0.1) is 0 Å². The van der Waals surface area contributed by atoms with Crippen LogP contribution in [0.15, 0.2) is 61.9 Å². The fourth-order valence-electron chi connectivity index (χ4n) is 1.55. The van der Waals surface area contributed by atoms with Crippen LogP contribution in [0.25, 0.3) is 12.2 Å². The monoisotopic (exact) mass is 237 g/mol. The summed E-state index contributed by atoms with van der Waals surface area (Å²) in [4.78, 5) is 3.85. The summed E-state index contributed by atoms with van der Waals surface area (Å²) in [5.74, 6) is 0. The lowest BCUT2D eigenvalue weighted by Gasteiger charge is -1.99. The number of pyridine rings is 1. The Morgan fingerprint density at radius 1 is 1.00 bits per heavy atom. The van der Waals surface area contributed by atoms with Crippen LogP contribution in [0.5, 0.6) is 0 Å². The van der Waals surface area contributed by atoms with E-state index in [0.717, 1.165) is 12.0 Å². The molecule has 2 aromatic rings. The lowest BCUT2D eigenvalue weighted by Crippen LogP contribution is -1.83. The highest BCUT2D eigenvalue weighted by molar-refractivity contribution is 5.51. The van der Waals surface area contributed by atoms with Crippen LogP contribution in [-0.4, -0.2) is 4.98 Å². The fraction of sp³-hybridized carbons (Fsp3) is 0.118. The smallest absolute Gasteiger partial charge is 0.0273 e. The third kappa shape index (κ3) is 4.38. The average molecular weight is 237 g/mol. The van der Waals surface area contributed by atoms with Gasteiger partial charge in [-0.25, -0.2) is 0 Å². The summed E-state index contributed by atoms with van der Waals surface area (Å²) < 4.78 is 0. The van der Waals surface area contributed by atoms with Crippen LogP contribution in [0.1, 0.15) is 23.6 Å². The Labute approximate surface area is 110 Å². The molecule has 1 nitrogen and oxygen atoms in total. The summed E-state index contributed by atoms with van der Waals surface area (Å²) in [6.07, 6.45) is 8.27. The zero-order chi connectivity index (χ0) is 13.2. The van der Waals surface area contributed by atoms with Gasteiger partial charge in [0.05, 0.1) is 0 Å². The largest absolute Gasteiger partial charge is 0.265 e. The first-order chi connectivity index (χ1) is 8.81. The maximum absolute atomic E-state index is 3.85. The van der Waals surface area contributed by atoms with Gasteiger partial charge in [0.1, 0.15) is 0 Å². The van der Waals surface area contributed by atoms with E-state index in [1.165, 1.54) is 11.1 Å². The SMILES string of the molecule is C=Cc1ccccc1CC.C=Cc1ccncc1. The van der Waals surface area contributed by atoms with Crippen molar-refractivity contribution in [1.82, 2.24) is 4.98 Å². The van der Waals surface area contributed by atoms with E-state index in [1.54, 1.807) is 18.5 Å². The minimum absolute atomic E-state index is 1.09. The molecular formula is C17H19N. The molecule has 1 heterocycles. The van der Waals surface area contributed by atoms with E-state index < -0.39 is 0 Å². The molecule has 1 aromatic carbocycles. The third-order valence-corrected chi connectivity index (χ3v) is 2.60. The van der Waals surface area contributed by atoms with Gasteiger partial charge in [-0.15, -0.1) is 0 Å². The first-order valence-corrected chi connectivity index (χ1v) is 6.04. The van der Waals surface area contributed by atoms with Gasteiger partial charge in [-0.1, -0.05) is 56.5 Å². The maximum Gasteiger partial charge on any atom is 0.0273 e. The second-order valence-electron chi connectivity index (χ2n) is 3.74. The number of aromatic nitrogens is 1. The van der Waals surface area contributed by atoms with Crippen molar-refractivity contribution in [3.8, 4) is 0 Å². The minimum atomic E-state index is 1.09. The molecule has 0 atom stereocenters. The van der Waals surface area contributed by atoms with Crippen molar-refractivity contribution in [2.75, 3.05) is 0 Å². The number of benzene rings is 1. The molecule has 0 saturated carbocycles. The van der Waals surface area contributed by atoms with Crippen molar-refractivity contribution < 1.29 is 0 Å². The summed E-state index contributed by atoms with van der Waals surface area (Å²) in [6.45, 7) is 9.50. The Bertz CT molecular complexity index is 486. The van der Waals surface area contributed by atoms with Crippen LogP contribution in [0.2, 0.25) is 0 Å². The van der Waals surface area contributed by atoms with Gasteiger partial charge in [-0.05, 0) is 35.2 Å². The standard InChI is InChI=1S/C10H12.C7H7N/c1-3-9-7-5-6-8-10(9)4-2;1-2-7-3-5-8-6-4-7/h3,5-8H,1,4H2,2H3;2-6H,1H2. The molecule has 0 unspecified atom stereocenters. The summed E-state index contributed by atoms with van der Waals surface area (Å²) in [6, 6.07) is 12.1. The second-order valence-corrected chi connectivity index (χ2v) is 3.74. The van der Waals surface area contributed by atoms with E-state index in [0.29, 0.717) is 0 Å². The summed E-state index contributed by atoms with van der Waals surface area (Å²) >= 11 is 0. The van der Waals surface area contributed by atoms with Crippen molar-refractivity contribution in [2.24, 2.45) is 0 Å². The van der Waals surface area contributed by atoms with Crippen LogP contribution >= 0.6 is 0 Å². The van der Waals surface area contributed by atoms with E-state index in [1.807, 2.05) is 24.3 Å². The minimum Gasteiger partial charge on any atom is -0.265 e. The van der Waals surface area contributed by atoms with Gasteiger partial charge in [0, 0.05) is 12.4 Å². The zero-order valence-electron chi connectivity index (χ0n) is 10.8. The van der Waals surface area contributed by atoms with Gasteiger partial charge >= 0.3 is 0 Å². The van der Waals surface area contributed by atoms with Crippen molar-refractivity contribution in [1.29, 1.82) is 0 Å². The molecule has 0 aliphatic heterocycles. The van der Waals surface area contributed by atoms with Gasteiger partial charge in [-0.3, -0.25) is 4.98 Å². The molecule has 2 rings (SSSR count). The van der Waals surface area contributed by atoms with Gasteiger partial charge in [0.25, 0.3) is 0 Å². The Morgan fingerprint density at radius 2 is 1.67 bits per heavy atom. The molecule has 0 aliphatic rings. The summed E-state index contributed by atoms with van der Waals surface area (Å²) in [5, 5.41) is 0. The predicted molar refractivity (Wildman–Crippen MR) is 80.2 cm³/mol. The molecule has 0 saturated heterocycles. The van der Waals surface area contributed by atoms with E-state index in [2.05, 4.69) is 43.3 Å². The average Bonchev–Trinajstić information content (AvgIpc) is 2.48. The molecule has 0 spiro atoms. The molecule has 0 fully saturated rings.